The van der Waals surface area contributed by atoms with Crippen molar-refractivity contribution in [3.05, 3.63) is 54.1 Å². The molecule has 1 atom stereocenters. The van der Waals surface area contributed by atoms with Crippen molar-refractivity contribution < 1.29 is 27.6 Å². The van der Waals surface area contributed by atoms with Gasteiger partial charge in [0.1, 0.15) is 6.54 Å². The van der Waals surface area contributed by atoms with Gasteiger partial charge in [0, 0.05) is 31.9 Å². The molecular formula is C21H19F3N4O3. The monoisotopic (exact) mass is 432 g/mol. The van der Waals surface area contributed by atoms with Crippen molar-refractivity contribution in [3.63, 3.8) is 0 Å². The number of anilines is 1. The number of urea groups is 1. The summed E-state index contributed by atoms with van der Waals surface area (Å²) in [4.78, 5) is 45.5. The molecule has 1 aromatic rings. The van der Waals surface area contributed by atoms with Crippen LogP contribution >= 0.6 is 0 Å². The average molecular weight is 432 g/mol. The number of halogens is 3. The molecular weight excluding hydrogens is 413 g/mol. The molecule has 0 spiro atoms. The van der Waals surface area contributed by atoms with E-state index in [9.17, 15) is 27.6 Å². The first-order chi connectivity index (χ1) is 14.7. The molecule has 1 aliphatic carbocycles. The van der Waals surface area contributed by atoms with E-state index in [2.05, 4.69) is 4.99 Å². The highest BCUT2D eigenvalue weighted by Gasteiger charge is 2.37. The summed E-state index contributed by atoms with van der Waals surface area (Å²) in [5, 5.41) is 0. The Hall–Kier alpha value is -3.43. The van der Waals surface area contributed by atoms with Crippen LogP contribution in [0.1, 0.15) is 5.56 Å². The number of fused-ring (bicyclic) bond motifs is 1. The molecule has 0 bridgehead atoms. The third-order valence-corrected chi connectivity index (χ3v) is 5.45. The van der Waals surface area contributed by atoms with Gasteiger partial charge < -0.3 is 9.80 Å². The highest BCUT2D eigenvalue weighted by atomic mass is 19.4. The molecule has 0 radical (unpaired) electrons. The Kier molecular flexibility index (Phi) is 5.38. The molecule has 162 valence electrons. The van der Waals surface area contributed by atoms with Gasteiger partial charge in [-0.2, -0.15) is 18.2 Å². The van der Waals surface area contributed by atoms with Crippen molar-refractivity contribution in [1.82, 2.24) is 9.80 Å². The van der Waals surface area contributed by atoms with Crippen molar-refractivity contribution in [2.75, 3.05) is 37.6 Å². The molecule has 1 unspecified atom stereocenters. The standard InChI is InChI=1S/C21H19F3N4O3/c22-21(23,24)14-4-3-5-15(12-14)26-8-10-27(11-9-26)18(29)13-28-19(30)16-6-1-2-7-17(16)25-20(28)31/h1-7,12,16H,8-11,13H2. The number of nitrogens with zero attached hydrogens (tertiary/aromatic N) is 4. The van der Waals surface area contributed by atoms with Gasteiger partial charge in [0.15, 0.2) is 0 Å². The Balaban J connectivity index is 1.37. The predicted octanol–water partition coefficient (Wildman–Crippen LogP) is 2.50. The fourth-order valence-electron chi connectivity index (χ4n) is 3.75. The fraction of sp³-hybridized carbons (Fsp3) is 0.333. The van der Waals surface area contributed by atoms with E-state index in [0.717, 1.165) is 17.0 Å². The summed E-state index contributed by atoms with van der Waals surface area (Å²) in [6.07, 6.45) is 2.16. The van der Waals surface area contributed by atoms with Gasteiger partial charge in [-0.3, -0.25) is 14.5 Å². The molecule has 1 aromatic carbocycles. The van der Waals surface area contributed by atoms with Crippen molar-refractivity contribution >= 4 is 29.2 Å². The summed E-state index contributed by atoms with van der Waals surface area (Å²) in [7, 11) is 0. The third kappa shape index (κ3) is 4.23. The van der Waals surface area contributed by atoms with Crippen molar-refractivity contribution in [2.24, 2.45) is 10.9 Å². The number of benzene rings is 1. The zero-order valence-electron chi connectivity index (χ0n) is 16.4. The Bertz CT molecular complexity index is 1010. The molecule has 2 heterocycles. The van der Waals surface area contributed by atoms with E-state index in [0.29, 0.717) is 24.5 Å². The number of alkyl halides is 3. The number of rotatable bonds is 3. The zero-order valence-corrected chi connectivity index (χ0v) is 16.4. The number of imide groups is 1. The molecule has 0 aromatic heterocycles. The first kappa shape index (κ1) is 20.8. The molecule has 0 saturated carbocycles. The summed E-state index contributed by atoms with van der Waals surface area (Å²) in [6.45, 7) is 0.810. The number of carbonyl (C=O) groups excluding carboxylic acids is 3. The minimum Gasteiger partial charge on any atom is -0.368 e. The molecule has 7 nitrogen and oxygen atoms in total. The first-order valence-corrected chi connectivity index (χ1v) is 9.73. The molecule has 10 heteroatoms. The summed E-state index contributed by atoms with van der Waals surface area (Å²) >= 11 is 0. The Morgan fingerprint density at radius 3 is 2.55 bits per heavy atom. The maximum Gasteiger partial charge on any atom is 0.416 e. The van der Waals surface area contributed by atoms with Crippen LogP contribution in [-0.2, 0) is 15.8 Å². The van der Waals surface area contributed by atoms with Crippen LogP contribution in [0, 0.1) is 5.92 Å². The second kappa shape index (κ2) is 8.01. The second-order valence-corrected chi connectivity index (χ2v) is 7.38. The molecule has 2 aliphatic heterocycles. The van der Waals surface area contributed by atoms with Crippen LogP contribution in [0.2, 0.25) is 0 Å². The van der Waals surface area contributed by atoms with Gasteiger partial charge in [-0.05, 0) is 24.3 Å². The summed E-state index contributed by atoms with van der Waals surface area (Å²) < 4.78 is 38.8. The van der Waals surface area contributed by atoms with E-state index in [1.807, 2.05) is 0 Å². The van der Waals surface area contributed by atoms with Crippen LogP contribution in [0.15, 0.2) is 53.6 Å². The van der Waals surface area contributed by atoms with Gasteiger partial charge in [-0.1, -0.05) is 24.3 Å². The molecule has 3 aliphatic rings. The largest absolute Gasteiger partial charge is 0.416 e. The quantitative estimate of drug-likeness (QED) is 0.736. The summed E-state index contributed by atoms with van der Waals surface area (Å²) in [5.74, 6) is -1.57. The topological polar surface area (TPSA) is 73.3 Å². The van der Waals surface area contributed by atoms with Crippen LogP contribution in [0.4, 0.5) is 23.7 Å². The lowest BCUT2D eigenvalue weighted by atomic mass is 9.95. The summed E-state index contributed by atoms with van der Waals surface area (Å²) in [6, 6.07) is 4.28. The lowest BCUT2D eigenvalue weighted by Crippen LogP contribution is -2.54. The first-order valence-electron chi connectivity index (χ1n) is 9.73. The average Bonchev–Trinajstić information content (AvgIpc) is 2.76. The normalized spacial score (nSPS) is 21.3. The lowest BCUT2D eigenvalue weighted by Gasteiger charge is -2.37. The SMILES string of the molecule is O=C(CN1C(=O)N=C2C=CC=CC2C1=O)N1CCN(c2cccc(C(F)(F)F)c2)CC1. The highest BCUT2D eigenvalue weighted by Crippen LogP contribution is 2.32. The van der Waals surface area contributed by atoms with Crippen LogP contribution in [0.25, 0.3) is 0 Å². The third-order valence-electron chi connectivity index (χ3n) is 5.45. The number of piperazine rings is 1. The van der Waals surface area contributed by atoms with Gasteiger partial charge in [0.25, 0.3) is 0 Å². The number of hydrogen-bond donors (Lipinski definition) is 0. The molecule has 0 N–H and O–H groups in total. The smallest absolute Gasteiger partial charge is 0.368 e. The van der Waals surface area contributed by atoms with Crippen molar-refractivity contribution in [1.29, 1.82) is 0 Å². The van der Waals surface area contributed by atoms with Crippen molar-refractivity contribution in [2.45, 2.75) is 6.18 Å². The highest BCUT2D eigenvalue weighted by molar-refractivity contribution is 6.22. The van der Waals surface area contributed by atoms with Gasteiger partial charge >= 0.3 is 12.2 Å². The number of hydrogen-bond acceptors (Lipinski definition) is 4. The van der Waals surface area contributed by atoms with E-state index in [4.69, 9.17) is 0 Å². The molecule has 4 rings (SSSR count). The molecule has 4 amide bonds. The number of aliphatic imine (C=N–C) groups is 1. The molecule has 1 saturated heterocycles. The van der Waals surface area contributed by atoms with E-state index >= 15 is 0 Å². The van der Waals surface area contributed by atoms with Gasteiger partial charge in [0.05, 0.1) is 17.2 Å². The van der Waals surface area contributed by atoms with Crippen LogP contribution in [-0.4, -0.2) is 66.1 Å². The zero-order chi connectivity index (χ0) is 22.2. The predicted molar refractivity (Wildman–Crippen MR) is 107 cm³/mol. The van der Waals surface area contributed by atoms with Crippen molar-refractivity contribution in [3.8, 4) is 0 Å². The maximum absolute atomic E-state index is 12.9. The van der Waals surface area contributed by atoms with Crippen LogP contribution in [0.3, 0.4) is 0 Å². The molecule has 1 fully saturated rings. The van der Waals surface area contributed by atoms with E-state index in [1.54, 1.807) is 35.3 Å². The van der Waals surface area contributed by atoms with E-state index < -0.39 is 42.0 Å². The lowest BCUT2D eigenvalue weighted by molar-refractivity contribution is -0.138. The number of amides is 4. The van der Waals surface area contributed by atoms with Gasteiger partial charge in [-0.25, -0.2) is 4.79 Å². The maximum atomic E-state index is 12.9. The fourth-order valence-corrected chi connectivity index (χ4v) is 3.75. The van der Waals surface area contributed by atoms with Crippen LogP contribution < -0.4 is 4.90 Å². The minimum atomic E-state index is -4.42. The second-order valence-electron chi connectivity index (χ2n) is 7.38. The van der Waals surface area contributed by atoms with Crippen LogP contribution in [0.5, 0.6) is 0 Å². The number of allylic oxidation sites excluding steroid dienone is 3. The van der Waals surface area contributed by atoms with Gasteiger partial charge in [-0.15, -0.1) is 0 Å². The Labute approximate surface area is 176 Å². The Morgan fingerprint density at radius 1 is 1.10 bits per heavy atom. The van der Waals surface area contributed by atoms with Gasteiger partial charge in [0.2, 0.25) is 11.8 Å². The molecule has 31 heavy (non-hydrogen) atoms. The number of carbonyl (C=O) groups is 3. The summed E-state index contributed by atoms with van der Waals surface area (Å²) in [5.41, 5.74) is 0.0652. The van der Waals surface area contributed by atoms with E-state index in [-0.39, 0.29) is 13.1 Å². The minimum absolute atomic E-state index is 0.270. The van der Waals surface area contributed by atoms with E-state index in [1.165, 1.54) is 11.0 Å². The Morgan fingerprint density at radius 2 is 1.84 bits per heavy atom.